The van der Waals surface area contributed by atoms with E-state index in [4.69, 9.17) is 25.7 Å². The van der Waals surface area contributed by atoms with Crippen LogP contribution in [0.2, 0.25) is 0 Å². The van der Waals surface area contributed by atoms with Crippen molar-refractivity contribution in [3.63, 3.8) is 0 Å². The van der Waals surface area contributed by atoms with Crippen LogP contribution in [0.5, 0.6) is 5.75 Å². The van der Waals surface area contributed by atoms with E-state index in [2.05, 4.69) is 6.92 Å². The Labute approximate surface area is 207 Å². The third kappa shape index (κ3) is 8.76. The lowest BCUT2D eigenvalue weighted by Gasteiger charge is -2.27. The molecule has 35 heavy (non-hydrogen) atoms. The molecule has 7 heteroatoms. The number of carbonyl (C=O) groups excluding carboxylic acids is 2. The van der Waals surface area contributed by atoms with Crippen molar-refractivity contribution < 1.29 is 23.8 Å². The molecule has 1 aliphatic rings. The van der Waals surface area contributed by atoms with Gasteiger partial charge in [-0.2, -0.15) is 0 Å². The first-order chi connectivity index (χ1) is 16.9. The van der Waals surface area contributed by atoms with E-state index >= 15 is 0 Å². The summed E-state index contributed by atoms with van der Waals surface area (Å²) in [5, 5.41) is 0. The van der Waals surface area contributed by atoms with Crippen molar-refractivity contribution in [2.24, 2.45) is 5.92 Å². The van der Waals surface area contributed by atoms with E-state index in [-0.39, 0.29) is 24.6 Å². The first kappa shape index (κ1) is 26.3. The predicted octanol–water partition coefficient (Wildman–Crippen LogP) is 5.28. The molecule has 3 rings (SSSR count). The molecule has 0 bridgehead atoms. The summed E-state index contributed by atoms with van der Waals surface area (Å²) in [6, 6.07) is 12.1. The Morgan fingerprint density at radius 1 is 1.00 bits per heavy atom. The summed E-state index contributed by atoms with van der Waals surface area (Å²) in [4.78, 5) is 24.6. The highest BCUT2D eigenvalue weighted by Gasteiger charge is 2.28. The molecule has 0 saturated heterocycles. The Morgan fingerprint density at radius 2 is 1.74 bits per heavy atom. The van der Waals surface area contributed by atoms with Gasteiger partial charge in [0.05, 0.1) is 12.0 Å². The summed E-state index contributed by atoms with van der Waals surface area (Å²) in [7, 11) is 0. The Morgan fingerprint density at radius 3 is 2.43 bits per heavy atom. The Bertz CT molecular complexity index is 995. The number of carbonyl (C=O) groups is 2. The molecule has 0 aromatic heterocycles. The van der Waals surface area contributed by atoms with Crippen molar-refractivity contribution in [1.29, 1.82) is 0 Å². The minimum Gasteiger partial charge on any atom is -0.458 e. The zero-order valence-electron chi connectivity index (χ0n) is 20.4. The van der Waals surface area contributed by atoms with Gasteiger partial charge in [0.2, 0.25) is 0 Å². The second-order valence-corrected chi connectivity index (χ2v) is 8.94. The van der Waals surface area contributed by atoms with Crippen LogP contribution in [0, 0.1) is 5.92 Å². The van der Waals surface area contributed by atoms with E-state index in [0.717, 1.165) is 44.3 Å². The molecule has 0 aliphatic heterocycles. The Hall–Kier alpha value is -3.32. The number of esters is 2. The number of anilines is 2. The maximum Gasteiger partial charge on any atom is 0.331 e. The maximum absolute atomic E-state index is 12.6. The fraction of sp³-hybridized carbons (Fsp3) is 0.429. The average molecular weight is 481 g/mol. The summed E-state index contributed by atoms with van der Waals surface area (Å²) in [6.45, 7) is 3.06. The maximum atomic E-state index is 12.6. The summed E-state index contributed by atoms with van der Waals surface area (Å²) in [6.07, 6.45) is 10.1. The van der Waals surface area contributed by atoms with Gasteiger partial charge in [-0.25, -0.2) is 4.79 Å². The third-order valence-corrected chi connectivity index (χ3v) is 6.16. The molecule has 7 nitrogen and oxygen atoms in total. The predicted molar refractivity (Wildman–Crippen MR) is 137 cm³/mol. The number of hydrogen-bond donors (Lipinski definition) is 2. The van der Waals surface area contributed by atoms with Crippen LogP contribution < -0.4 is 16.2 Å². The van der Waals surface area contributed by atoms with E-state index in [9.17, 15) is 9.59 Å². The normalized spacial score (nSPS) is 17.9. The van der Waals surface area contributed by atoms with Crippen LogP contribution >= 0.6 is 0 Å². The summed E-state index contributed by atoms with van der Waals surface area (Å²) in [5.74, 6) is -0.272. The SMILES string of the molecule is CCCCCOC1CCC(C(=O)Oc2ccc(/C=C/C(=O)OCc3ccc(N)cc3N)cc2)CC1. The number of nitrogen functional groups attached to an aromatic ring is 2. The van der Waals surface area contributed by atoms with Crippen LogP contribution in [0.4, 0.5) is 11.4 Å². The van der Waals surface area contributed by atoms with Gasteiger partial charge in [0.1, 0.15) is 12.4 Å². The number of ether oxygens (including phenoxy) is 3. The molecule has 1 saturated carbocycles. The van der Waals surface area contributed by atoms with Gasteiger partial charge in [-0.3, -0.25) is 4.79 Å². The molecule has 0 unspecified atom stereocenters. The number of unbranched alkanes of at least 4 members (excludes halogenated alkanes) is 2. The van der Waals surface area contributed by atoms with Crippen LogP contribution in [-0.4, -0.2) is 24.6 Å². The van der Waals surface area contributed by atoms with Crippen molar-refractivity contribution in [1.82, 2.24) is 0 Å². The van der Waals surface area contributed by atoms with E-state index in [0.29, 0.717) is 22.7 Å². The smallest absolute Gasteiger partial charge is 0.331 e. The second kappa shape index (κ2) is 13.5. The summed E-state index contributed by atoms with van der Waals surface area (Å²) < 4.78 is 16.7. The molecular formula is C28H36N2O5. The first-order valence-corrected chi connectivity index (χ1v) is 12.4. The van der Waals surface area contributed by atoms with Crippen LogP contribution in [0.25, 0.3) is 6.08 Å². The van der Waals surface area contributed by atoms with Gasteiger partial charge >= 0.3 is 11.9 Å². The quantitative estimate of drug-likeness (QED) is 0.148. The van der Waals surface area contributed by atoms with Gasteiger partial charge in [0.15, 0.2) is 0 Å². The molecule has 0 amide bonds. The Balaban J connectivity index is 1.39. The van der Waals surface area contributed by atoms with Crippen molar-refractivity contribution >= 4 is 29.4 Å². The topological polar surface area (TPSA) is 114 Å². The minimum absolute atomic E-state index is 0.0665. The largest absolute Gasteiger partial charge is 0.458 e. The number of rotatable bonds is 11. The lowest BCUT2D eigenvalue weighted by atomic mass is 9.87. The highest BCUT2D eigenvalue weighted by Crippen LogP contribution is 2.28. The van der Waals surface area contributed by atoms with Gasteiger partial charge in [-0.05, 0) is 68.0 Å². The van der Waals surface area contributed by atoms with Gasteiger partial charge in [-0.1, -0.05) is 38.0 Å². The van der Waals surface area contributed by atoms with Crippen LogP contribution in [0.3, 0.4) is 0 Å². The zero-order chi connectivity index (χ0) is 25.0. The van der Waals surface area contributed by atoms with Crippen LogP contribution in [0.15, 0.2) is 48.5 Å². The lowest BCUT2D eigenvalue weighted by molar-refractivity contribution is -0.141. The zero-order valence-corrected chi connectivity index (χ0v) is 20.4. The van der Waals surface area contributed by atoms with Crippen molar-refractivity contribution in [2.75, 3.05) is 18.1 Å². The lowest BCUT2D eigenvalue weighted by Crippen LogP contribution is -2.29. The fourth-order valence-corrected chi connectivity index (χ4v) is 4.02. The molecule has 1 fully saturated rings. The van der Waals surface area contributed by atoms with Crippen LogP contribution in [-0.2, 0) is 25.7 Å². The molecule has 0 heterocycles. The van der Waals surface area contributed by atoms with Crippen molar-refractivity contribution in [3.8, 4) is 5.75 Å². The van der Waals surface area contributed by atoms with Crippen molar-refractivity contribution in [3.05, 3.63) is 59.7 Å². The second-order valence-electron chi connectivity index (χ2n) is 8.94. The molecular weight excluding hydrogens is 444 g/mol. The van der Waals surface area contributed by atoms with Gasteiger partial charge in [-0.15, -0.1) is 0 Å². The van der Waals surface area contributed by atoms with Crippen LogP contribution in [0.1, 0.15) is 63.0 Å². The van der Waals surface area contributed by atoms with Gasteiger partial charge in [0.25, 0.3) is 0 Å². The molecule has 0 spiro atoms. The minimum atomic E-state index is -0.485. The van der Waals surface area contributed by atoms with E-state index in [1.54, 1.807) is 48.5 Å². The third-order valence-electron chi connectivity index (χ3n) is 6.16. The van der Waals surface area contributed by atoms with Gasteiger partial charge in [0, 0.05) is 29.6 Å². The number of hydrogen-bond acceptors (Lipinski definition) is 7. The monoisotopic (exact) mass is 480 g/mol. The van der Waals surface area contributed by atoms with E-state index in [1.165, 1.54) is 18.9 Å². The van der Waals surface area contributed by atoms with E-state index < -0.39 is 5.97 Å². The molecule has 188 valence electrons. The van der Waals surface area contributed by atoms with Gasteiger partial charge < -0.3 is 25.7 Å². The molecule has 4 N–H and O–H groups in total. The Kier molecular flexibility index (Phi) is 10.2. The number of benzene rings is 2. The average Bonchev–Trinajstić information content (AvgIpc) is 2.86. The first-order valence-electron chi connectivity index (χ1n) is 12.4. The van der Waals surface area contributed by atoms with Crippen molar-refractivity contribution in [2.45, 2.75) is 64.6 Å². The highest BCUT2D eigenvalue weighted by atomic mass is 16.5. The molecule has 0 radical (unpaired) electrons. The fourth-order valence-electron chi connectivity index (χ4n) is 4.02. The number of nitrogens with two attached hydrogens (primary N) is 2. The highest BCUT2D eigenvalue weighted by molar-refractivity contribution is 5.87. The summed E-state index contributed by atoms with van der Waals surface area (Å²) in [5.41, 5.74) is 14.1. The molecule has 2 aromatic rings. The molecule has 1 aliphatic carbocycles. The molecule has 2 aromatic carbocycles. The summed E-state index contributed by atoms with van der Waals surface area (Å²) >= 11 is 0. The van der Waals surface area contributed by atoms with E-state index in [1.807, 2.05) is 0 Å². The molecule has 0 atom stereocenters. The standard InChI is InChI=1S/C28H36N2O5/c1-2-3-4-17-33-24-14-9-21(10-15-24)28(32)35-25-12-5-20(6-13-25)7-16-27(31)34-19-22-8-11-23(29)18-26(22)30/h5-8,11-13,16,18,21,24H,2-4,9-10,14-15,17,19,29-30H2,1H3/b16-7+.